The molecule has 0 fully saturated rings. The summed E-state index contributed by atoms with van der Waals surface area (Å²) < 4.78 is 12.7. The summed E-state index contributed by atoms with van der Waals surface area (Å²) in [4.78, 5) is 0. The van der Waals surface area contributed by atoms with Crippen molar-refractivity contribution < 1.29 is 4.39 Å². The second-order valence-corrected chi connectivity index (χ2v) is 4.21. The van der Waals surface area contributed by atoms with Gasteiger partial charge >= 0.3 is 0 Å². The molecule has 0 unspecified atom stereocenters. The van der Waals surface area contributed by atoms with Crippen molar-refractivity contribution in [3.8, 4) is 0 Å². The Labute approximate surface area is 104 Å². The van der Waals surface area contributed by atoms with Crippen molar-refractivity contribution in [1.29, 1.82) is 0 Å². The molecule has 0 aliphatic carbocycles. The van der Waals surface area contributed by atoms with E-state index < -0.39 is 0 Å². The largest absolute Gasteiger partial charge is 0.207 e. The predicted molar refractivity (Wildman–Crippen MR) is 67.9 cm³/mol. The molecular weight excluding hydrogens is 245 g/mol. The lowest BCUT2D eigenvalue weighted by molar-refractivity contribution is 0.628. The second-order valence-electron chi connectivity index (χ2n) is 3.36. The fraction of sp³-hybridized carbons (Fsp3) is 0. The van der Waals surface area contributed by atoms with E-state index in [2.05, 4.69) is 0 Å². The summed E-state index contributed by atoms with van der Waals surface area (Å²) in [6.45, 7) is 0. The van der Waals surface area contributed by atoms with Gasteiger partial charge in [0.2, 0.25) is 0 Å². The smallest absolute Gasteiger partial charge is 0.193 e. The Hall–Kier alpha value is -0.985. The standard InChI is InChI=1S/C12H7BCl2F/c14-9-3-6-11(12(15)7-9)13-8-1-4-10(16)5-2-8/h1-7H. The van der Waals surface area contributed by atoms with Gasteiger partial charge in [-0.05, 0) is 24.3 Å². The molecule has 0 aromatic heterocycles. The van der Waals surface area contributed by atoms with Crippen LogP contribution in [0, 0.1) is 5.82 Å². The molecule has 0 spiro atoms. The van der Waals surface area contributed by atoms with Crippen molar-refractivity contribution >= 4 is 41.4 Å². The zero-order valence-corrected chi connectivity index (χ0v) is 9.76. The Morgan fingerprint density at radius 3 is 2.25 bits per heavy atom. The monoisotopic (exact) mass is 251 g/mol. The van der Waals surface area contributed by atoms with E-state index in [1.54, 1.807) is 24.3 Å². The molecule has 0 N–H and O–H groups in total. The maximum atomic E-state index is 12.7. The highest BCUT2D eigenvalue weighted by Gasteiger charge is 2.04. The van der Waals surface area contributed by atoms with E-state index in [-0.39, 0.29) is 5.82 Å². The Kier molecular flexibility index (Phi) is 3.52. The molecule has 0 aliphatic rings. The van der Waals surface area contributed by atoms with Crippen LogP contribution >= 0.6 is 23.2 Å². The van der Waals surface area contributed by atoms with Gasteiger partial charge in [-0.3, -0.25) is 0 Å². The molecule has 79 valence electrons. The highest BCUT2D eigenvalue weighted by atomic mass is 35.5. The van der Waals surface area contributed by atoms with Crippen LogP contribution in [0.25, 0.3) is 0 Å². The minimum absolute atomic E-state index is 0.251. The van der Waals surface area contributed by atoms with E-state index in [1.807, 2.05) is 13.3 Å². The van der Waals surface area contributed by atoms with Crippen molar-refractivity contribution in [1.82, 2.24) is 0 Å². The first-order valence-electron chi connectivity index (χ1n) is 4.70. The van der Waals surface area contributed by atoms with Crippen molar-refractivity contribution in [3.63, 3.8) is 0 Å². The fourth-order valence-electron chi connectivity index (χ4n) is 1.36. The first kappa shape index (κ1) is 11.5. The van der Waals surface area contributed by atoms with Crippen molar-refractivity contribution in [3.05, 3.63) is 58.3 Å². The highest BCUT2D eigenvalue weighted by Crippen LogP contribution is 2.12. The lowest BCUT2D eigenvalue weighted by Crippen LogP contribution is -2.27. The van der Waals surface area contributed by atoms with E-state index in [1.165, 1.54) is 12.1 Å². The van der Waals surface area contributed by atoms with Gasteiger partial charge in [0.1, 0.15) is 5.82 Å². The van der Waals surface area contributed by atoms with E-state index in [0.717, 1.165) is 10.9 Å². The first-order chi connectivity index (χ1) is 7.65. The molecule has 0 saturated carbocycles. The first-order valence-corrected chi connectivity index (χ1v) is 5.46. The summed E-state index contributed by atoms with van der Waals surface area (Å²) in [5.74, 6) is -0.251. The van der Waals surface area contributed by atoms with Crippen LogP contribution in [0.4, 0.5) is 4.39 Å². The number of hydrogen-bond acceptors (Lipinski definition) is 0. The molecule has 16 heavy (non-hydrogen) atoms. The predicted octanol–water partition coefficient (Wildman–Crippen LogP) is 2.79. The van der Waals surface area contributed by atoms with Gasteiger partial charge in [-0.15, -0.1) is 0 Å². The summed E-state index contributed by atoms with van der Waals surface area (Å²) in [5.41, 5.74) is 1.75. The van der Waals surface area contributed by atoms with Gasteiger partial charge in [0, 0.05) is 10.0 Å². The van der Waals surface area contributed by atoms with Crippen LogP contribution in [-0.2, 0) is 0 Å². The van der Waals surface area contributed by atoms with Gasteiger partial charge in [0.05, 0.1) is 0 Å². The Bertz CT molecular complexity index is 497. The minimum atomic E-state index is -0.251. The highest BCUT2D eigenvalue weighted by molar-refractivity contribution is 6.70. The number of hydrogen-bond donors (Lipinski definition) is 0. The van der Waals surface area contributed by atoms with Crippen LogP contribution < -0.4 is 10.9 Å². The van der Waals surface area contributed by atoms with Gasteiger partial charge in [-0.2, -0.15) is 0 Å². The van der Waals surface area contributed by atoms with Gasteiger partial charge in [-0.25, -0.2) is 4.39 Å². The van der Waals surface area contributed by atoms with Crippen molar-refractivity contribution in [2.24, 2.45) is 0 Å². The number of benzene rings is 2. The molecule has 0 saturated heterocycles. The summed E-state index contributed by atoms with van der Waals surface area (Å²) in [6.07, 6.45) is 0. The molecule has 4 heteroatoms. The van der Waals surface area contributed by atoms with Gasteiger partial charge in [0.15, 0.2) is 7.28 Å². The third-order valence-electron chi connectivity index (χ3n) is 2.15. The van der Waals surface area contributed by atoms with Crippen molar-refractivity contribution in [2.45, 2.75) is 0 Å². The normalized spacial score (nSPS) is 10.2. The summed E-state index contributed by atoms with van der Waals surface area (Å²) >= 11 is 11.8. The molecule has 0 aliphatic heterocycles. The lowest BCUT2D eigenvalue weighted by atomic mass is 9.64. The lowest BCUT2D eigenvalue weighted by Gasteiger charge is -2.03. The van der Waals surface area contributed by atoms with Crippen molar-refractivity contribution in [2.75, 3.05) is 0 Å². The Balaban J connectivity index is 2.23. The molecule has 0 bridgehead atoms. The van der Waals surface area contributed by atoms with E-state index in [0.29, 0.717) is 10.0 Å². The third kappa shape index (κ3) is 2.78. The molecule has 2 aromatic carbocycles. The van der Waals surface area contributed by atoms with Gasteiger partial charge in [0.25, 0.3) is 0 Å². The van der Waals surface area contributed by atoms with Gasteiger partial charge < -0.3 is 0 Å². The van der Waals surface area contributed by atoms with Crippen LogP contribution in [0.2, 0.25) is 10.0 Å². The van der Waals surface area contributed by atoms with Crippen LogP contribution in [0.3, 0.4) is 0 Å². The average Bonchev–Trinajstić information content (AvgIpc) is 2.25. The van der Waals surface area contributed by atoms with E-state index in [4.69, 9.17) is 23.2 Å². The SMILES string of the molecule is Fc1ccc([B]c2ccc(Cl)cc2Cl)cc1. The van der Waals surface area contributed by atoms with Crippen LogP contribution in [0.5, 0.6) is 0 Å². The average molecular weight is 252 g/mol. The maximum absolute atomic E-state index is 12.7. The van der Waals surface area contributed by atoms with E-state index in [9.17, 15) is 4.39 Å². The second kappa shape index (κ2) is 4.90. The molecule has 0 nitrogen and oxygen atoms in total. The number of halogens is 3. The summed E-state index contributed by atoms with van der Waals surface area (Å²) in [7, 11) is 1.87. The third-order valence-corrected chi connectivity index (χ3v) is 2.72. The zero-order chi connectivity index (χ0) is 11.5. The quantitative estimate of drug-likeness (QED) is 0.721. The van der Waals surface area contributed by atoms with E-state index >= 15 is 0 Å². The fourth-order valence-corrected chi connectivity index (χ4v) is 1.82. The topological polar surface area (TPSA) is 0 Å². The molecule has 0 atom stereocenters. The maximum Gasteiger partial charge on any atom is 0.193 e. The molecule has 2 aromatic rings. The summed E-state index contributed by atoms with van der Waals surface area (Å²) in [6, 6.07) is 11.5. The molecule has 0 heterocycles. The number of rotatable bonds is 2. The molecule has 2 rings (SSSR count). The molecule has 1 radical (unpaired) electrons. The molecule has 0 amide bonds. The summed E-state index contributed by atoms with van der Waals surface area (Å²) in [5, 5.41) is 1.18. The molecular formula is C12H7BCl2F. The Morgan fingerprint density at radius 2 is 1.62 bits per heavy atom. The van der Waals surface area contributed by atoms with Crippen LogP contribution in [-0.4, -0.2) is 7.28 Å². The van der Waals surface area contributed by atoms with Crippen LogP contribution in [0.1, 0.15) is 0 Å². The van der Waals surface area contributed by atoms with Gasteiger partial charge in [-0.1, -0.05) is 52.3 Å². The minimum Gasteiger partial charge on any atom is -0.207 e. The zero-order valence-electron chi connectivity index (χ0n) is 8.25. The van der Waals surface area contributed by atoms with Crippen LogP contribution in [0.15, 0.2) is 42.5 Å². The Morgan fingerprint density at radius 1 is 0.938 bits per heavy atom.